The molecule has 16 nitrogen and oxygen atoms in total. The molecule has 0 radical (unpaired) electrons. The molecular weight excluding hydrogens is 936 g/mol. The van der Waals surface area contributed by atoms with Gasteiger partial charge in [0.2, 0.25) is 11.7 Å². The lowest BCUT2D eigenvalue weighted by Crippen LogP contribution is -2.49. The zero-order chi connectivity index (χ0) is 49.9. The van der Waals surface area contributed by atoms with Crippen LogP contribution in [0.1, 0.15) is 88.8 Å². The largest absolute Gasteiger partial charge is 0.508 e. The minimum absolute atomic E-state index is 0.0156. The average molecular weight is 1000 g/mol. The lowest BCUT2D eigenvalue weighted by molar-refractivity contribution is -0.132. The lowest BCUT2D eigenvalue weighted by Gasteiger charge is -2.39. The fourth-order valence-electron chi connectivity index (χ4n) is 10.4. The molecule has 2 amide bonds. The summed E-state index contributed by atoms with van der Waals surface area (Å²) in [5.41, 5.74) is 6.29. The summed E-state index contributed by atoms with van der Waals surface area (Å²) in [7, 11) is 0. The number of hydrogen-bond donors (Lipinski definition) is 5. The Morgan fingerprint density at radius 1 is 0.845 bits per heavy atom. The molecule has 4 aliphatic heterocycles. The topological polar surface area (TPSA) is 194 Å². The molecule has 3 saturated heterocycles. The Labute approximate surface area is 425 Å². The number of piperidine rings is 2. The number of carbonyl (C=O) groups excluding carboxylic acids is 2. The summed E-state index contributed by atoms with van der Waals surface area (Å²) in [4.78, 5) is 44.9. The smallest absolute Gasteiger partial charge is 0.289 e. The molecule has 4 aliphatic rings. The molecule has 3 fully saturated rings. The normalized spacial score (nSPS) is 18.6. The third-order valence-corrected chi connectivity index (χ3v) is 16.0. The number of aryl methyl sites for hydroxylation is 2. The number of piperazine rings is 1. The first-order valence-electron chi connectivity index (χ1n) is 24.9. The number of aliphatic imine (C=N–C) groups is 1. The monoisotopic (exact) mass is 1000 g/mol. The number of thiophene rings is 1. The molecule has 0 spiro atoms. The van der Waals surface area contributed by atoms with Gasteiger partial charge in [0.25, 0.3) is 5.91 Å². The molecule has 0 aliphatic carbocycles. The zero-order valence-electron chi connectivity index (χ0n) is 41.2. The van der Waals surface area contributed by atoms with Gasteiger partial charge >= 0.3 is 0 Å². The van der Waals surface area contributed by atoms with Crippen molar-refractivity contribution in [1.82, 2.24) is 39.7 Å². The van der Waals surface area contributed by atoms with Crippen LogP contribution in [-0.2, 0) is 11.3 Å². The van der Waals surface area contributed by atoms with Crippen molar-refractivity contribution in [2.24, 2.45) is 10.9 Å². The number of phenols is 2. The van der Waals surface area contributed by atoms with Gasteiger partial charge in [-0.2, -0.15) is 0 Å². The number of rotatable bonds is 13. The van der Waals surface area contributed by atoms with Crippen LogP contribution in [0.15, 0.2) is 65.7 Å². The Bertz CT molecular complexity index is 2800. The molecule has 374 valence electrons. The van der Waals surface area contributed by atoms with Crippen molar-refractivity contribution in [3.8, 4) is 28.6 Å². The Kier molecular flexibility index (Phi) is 15.3. The van der Waals surface area contributed by atoms with Gasteiger partial charge in [0.1, 0.15) is 34.2 Å². The molecule has 2 aromatic heterocycles. The molecule has 0 unspecified atom stereocenters. The molecule has 3 aromatic carbocycles. The van der Waals surface area contributed by atoms with Gasteiger partial charge in [0, 0.05) is 98.2 Å². The maximum absolute atomic E-state index is 14.0. The van der Waals surface area contributed by atoms with E-state index < -0.39 is 6.04 Å². The SMILES string of the molecule is CC(=N)N1C(=N)[C@H](CC(=O)N2CCC(CN3CCN(Cc4ccc(-n5c(C(=O)NCCN6CCCCC6)nnc5-c5cc(C)c(O)cc5O)cc4)CC3)CC2)N=C(c2ccc(Cl)cc2)c2c1sc(C)c2C. The number of benzene rings is 3. The number of halogens is 1. The molecule has 5 N–H and O–H groups in total. The summed E-state index contributed by atoms with van der Waals surface area (Å²) in [6.07, 6.45) is 5.49. The number of amides is 2. The fraction of sp³-hybridized carbons (Fsp3) is 0.453. The number of fused-ring (bicyclic) bond motifs is 1. The van der Waals surface area contributed by atoms with Gasteiger partial charge in [-0.05, 0) is 119 Å². The first-order chi connectivity index (χ1) is 34.2. The van der Waals surface area contributed by atoms with Gasteiger partial charge < -0.3 is 30.2 Å². The number of phenolic OH excluding ortho intramolecular Hbond substituents is 2. The van der Waals surface area contributed by atoms with Crippen molar-refractivity contribution >= 4 is 57.1 Å². The standard InChI is InChI=1S/C53H65ClN12O4S/c1-33-28-42(45(68)30-44(33)67)50-59-60-51(52(70)57-18-23-61-19-6-5-7-20-61)66(50)41-14-8-37(9-15-41)31-62-24-26-63(27-25-62)32-38-16-21-64(22-17-38)46(69)29-43-49(56)65(36(4)55)53-47(34(2)35(3)71-53)48(58-43)39-10-12-40(54)13-11-39/h8-15,28,30,38,43,55-56,67-68H,5-7,16-27,29,31-32H2,1-4H3,(H,57,70)/t43-/m0/s1. The molecule has 71 heavy (non-hydrogen) atoms. The van der Waals surface area contributed by atoms with Crippen LogP contribution in [0.3, 0.4) is 0 Å². The molecule has 18 heteroatoms. The number of hydrogen-bond acceptors (Lipinski definition) is 13. The highest BCUT2D eigenvalue weighted by Crippen LogP contribution is 2.41. The lowest BCUT2D eigenvalue weighted by atomic mass is 9.95. The van der Waals surface area contributed by atoms with Crippen LogP contribution in [0.2, 0.25) is 5.02 Å². The summed E-state index contributed by atoms with van der Waals surface area (Å²) < 4.78 is 1.68. The average Bonchev–Trinajstić information content (AvgIpc) is 3.89. The number of amidine groups is 2. The quantitative estimate of drug-likeness (QED) is 0.0578. The van der Waals surface area contributed by atoms with Crippen LogP contribution in [0.4, 0.5) is 5.00 Å². The molecule has 0 bridgehead atoms. The van der Waals surface area contributed by atoms with E-state index in [1.165, 1.54) is 25.3 Å². The second-order valence-corrected chi connectivity index (χ2v) is 21.2. The predicted octanol–water partition coefficient (Wildman–Crippen LogP) is 7.65. The molecule has 1 atom stereocenters. The Morgan fingerprint density at radius 2 is 1.54 bits per heavy atom. The minimum atomic E-state index is -0.747. The van der Waals surface area contributed by atoms with Gasteiger partial charge in [-0.25, -0.2) is 0 Å². The number of nitrogens with zero attached hydrogens (tertiary/aromatic N) is 9. The van der Waals surface area contributed by atoms with E-state index in [4.69, 9.17) is 22.0 Å². The fourth-order valence-corrected chi connectivity index (χ4v) is 11.7. The summed E-state index contributed by atoms with van der Waals surface area (Å²) >= 11 is 7.83. The van der Waals surface area contributed by atoms with Crippen LogP contribution < -0.4 is 10.2 Å². The summed E-state index contributed by atoms with van der Waals surface area (Å²) in [5.74, 6) is 0.713. The Hall–Kier alpha value is -5.98. The predicted molar refractivity (Wildman–Crippen MR) is 281 cm³/mol. The van der Waals surface area contributed by atoms with Gasteiger partial charge in [0.15, 0.2) is 5.82 Å². The highest BCUT2D eigenvalue weighted by atomic mass is 35.5. The van der Waals surface area contributed by atoms with E-state index in [1.54, 1.807) is 40.7 Å². The third kappa shape index (κ3) is 11.1. The van der Waals surface area contributed by atoms with Gasteiger partial charge in [-0.1, -0.05) is 42.3 Å². The van der Waals surface area contributed by atoms with Crippen LogP contribution in [-0.4, -0.2) is 152 Å². The number of likely N-dealkylation sites (tertiary alicyclic amines) is 2. The second kappa shape index (κ2) is 21.8. The summed E-state index contributed by atoms with van der Waals surface area (Å²) in [5, 5.41) is 52.4. The van der Waals surface area contributed by atoms with Gasteiger partial charge in [-0.15, -0.1) is 21.5 Å². The van der Waals surface area contributed by atoms with Crippen molar-refractivity contribution in [2.45, 2.75) is 78.8 Å². The molecule has 5 aromatic rings. The first-order valence-corrected chi connectivity index (χ1v) is 26.1. The molecule has 6 heterocycles. The Balaban J connectivity index is 0.790. The van der Waals surface area contributed by atoms with E-state index in [2.05, 4.69) is 49.3 Å². The number of nitrogens with one attached hydrogen (secondary N) is 3. The van der Waals surface area contributed by atoms with Crippen molar-refractivity contribution < 1.29 is 19.8 Å². The highest BCUT2D eigenvalue weighted by Gasteiger charge is 2.36. The molecule has 9 rings (SSSR count). The summed E-state index contributed by atoms with van der Waals surface area (Å²) in [6.45, 7) is 17.7. The van der Waals surface area contributed by atoms with E-state index in [0.29, 0.717) is 53.2 Å². The number of anilines is 1. The third-order valence-electron chi connectivity index (χ3n) is 14.6. The maximum Gasteiger partial charge on any atom is 0.289 e. The van der Waals surface area contributed by atoms with Gasteiger partial charge in [0.05, 0.1) is 17.7 Å². The van der Waals surface area contributed by atoms with Crippen LogP contribution in [0.25, 0.3) is 17.1 Å². The van der Waals surface area contributed by atoms with Crippen LogP contribution >= 0.6 is 22.9 Å². The molecule has 0 saturated carbocycles. The van der Waals surface area contributed by atoms with Gasteiger partial charge in [-0.3, -0.25) is 39.8 Å². The van der Waals surface area contributed by atoms with Crippen molar-refractivity contribution in [2.75, 3.05) is 76.9 Å². The van der Waals surface area contributed by atoms with E-state index in [9.17, 15) is 25.2 Å². The van der Waals surface area contributed by atoms with Crippen molar-refractivity contribution in [3.63, 3.8) is 0 Å². The Morgan fingerprint density at radius 3 is 2.23 bits per heavy atom. The first kappa shape index (κ1) is 50.0. The zero-order valence-corrected chi connectivity index (χ0v) is 42.8. The van der Waals surface area contributed by atoms with Crippen molar-refractivity contribution in [3.05, 3.63) is 104 Å². The van der Waals surface area contributed by atoms with Crippen LogP contribution in [0, 0.1) is 37.5 Å². The minimum Gasteiger partial charge on any atom is -0.508 e. The second-order valence-electron chi connectivity index (χ2n) is 19.5. The molecular formula is C53H65ClN12O4S. The van der Waals surface area contributed by atoms with Crippen molar-refractivity contribution in [1.29, 1.82) is 10.8 Å². The number of aromatic hydroxyl groups is 2. The van der Waals surface area contributed by atoms with E-state index in [0.717, 1.165) is 110 Å². The van der Waals surface area contributed by atoms with Crippen LogP contribution in [0.5, 0.6) is 11.5 Å². The number of carbonyl (C=O) groups is 2. The van der Waals surface area contributed by atoms with E-state index >= 15 is 0 Å². The highest BCUT2D eigenvalue weighted by molar-refractivity contribution is 7.17. The number of aromatic nitrogens is 3. The maximum atomic E-state index is 14.0. The van der Waals surface area contributed by atoms with E-state index in [-0.39, 0.29) is 47.2 Å². The summed E-state index contributed by atoms with van der Waals surface area (Å²) in [6, 6.07) is 17.8. The van der Waals surface area contributed by atoms with E-state index in [1.807, 2.05) is 48.2 Å².